The topological polar surface area (TPSA) is 111 Å². The molecule has 2 aromatic heterocycles. The Kier molecular flexibility index (Phi) is 5.06. The summed E-state index contributed by atoms with van der Waals surface area (Å²) in [6.07, 6.45) is 2.25. The van der Waals surface area contributed by atoms with Gasteiger partial charge >= 0.3 is 0 Å². The van der Waals surface area contributed by atoms with E-state index in [9.17, 15) is 4.79 Å². The van der Waals surface area contributed by atoms with Crippen LogP contribution >= 0.6 is 0 Å². The van der Waals surface area contributed by atoms with E-state index in [2.05, 4.69) is 15.6 Å². The van der Waals surface area contributed by atoms with E-state index in [1.54, 1.807) is 13.2 Å². The minimum absolute atomic E-state index is 0.201. The van der Waals surface area contributed by atoms with E-state index in [-0.39, 0.29) is 5.91 Å². The standard InChI is InChI=1S/C18H23N5O3/c1-11-6-15(18(25-3)4-5-26-10-18)23-17(7-11)22-14-8-16(21-12(2)24)20-9-13(14)19/h6-9H,4-5,10,19H2,1-3H3,(H2,20,21,22,23,24)/t18-/m1/s1. The number of aromatic nitrogens is 2. The van der Waals surface area contributed by atoms with Crippen LogP contribution in [0.3, 0.4) is 0 Å². The zero-order valence-electron chi connectivity index (χ0n) is 15.1. The highest BCUT2D eigenvalue weighted by Crippen LogP contribution is 2.34. The molecule has 0 bridgehead atoms. The van der Waals surface area contributed by atoms with Gasteiger partial charge in [0.2, 0.25) is 5.91 Å². The van der Waals surface area contributed by atoms with Crippen LogP contribution in [0.4, 0.5) is 23.0 Å². The van der Waals surface area contributed by atoms with Crippen LogP contribution in [0, 0.1) is 6.92 Å². The van der Waals surface area contributed by atoms with Crippen LogP contribution in [-0.2, 0) is 19.9 Å². The highest BCUT2D eigenvalue weighted by atomic mass is 16.5. The molecular weight excluding hydrogens is 334 g/mol. The lowest BCUT2D eigenvalue weighted by molar-refractivity contribution is -0.114. The summed E-state index contributed by atoms with van der Waals surface area (Å²) in [5.74, 6) is 0.849. The number of carbonyl (C=O) groups excluding carboxylic acids is 1. The summed E-state index contributed by atoms with van der Waals surface area (Å²) >= 11 is 0. The van der Waals surface area contributed by atoms with Gasteiger partial charge in [0.25, 0.3) is 0 Å². The van der Waals surface area contributed by atoms with Crippen molar-refractivity contribution in [2.24, 2.45) is 0 Å². The first-order valence-electron chi connectivity index (χ1n) is 8.34. The van der Waals surface area contributed by atoms with Crippen molar-refractivity contribution in [1.29, 1.82) is 0 Å². The summed E-state index contributed by atoms with van der Waals surface area (Å²) in [5, 5.41) is 5.85. The van der Waals surface area contributed by atoms with Crippen molar-refractivity contribution in [1.82, 2.24) is 9.97 Å². The number of hydrogen-bond donors (Lipinski definition) is 3. The summed E-state index contributed by atoms with van der Waals surface area (Å²) < 4.78 is 11.3. The molecule has 1 saturated heterocycles. The number of rotatable bonds is 5. The fraction of sp³-hybridized carbons (Fsp3) is 0.389. The quantitative estimate of drug-likeness (QED) is 0.753. The molecule has 1 aliphatic heterocycles. The van der Waals surface area contributed by atoms with E-state index in [1.807, 2.05) is 19.1 Å². The zero-order chi connectivity index (χ0) is 18.7. The number of aryl methyl sites for hydroxylation is 1. The second-order valence-electron chi connectivity index (χ2n) is 6.38. The Hall–Kier alpha value is -2.71. The number of pyridine rings is 2. The van der Waals surface area contributed by atoms with Crippen LogP contribution in [-0.4, -0.2) is 36.2 Å². The third-order valence-electron chi connectivity index (χ3n) is 4.31. The van der Waals surface area contributed by atoms with Crippen molar-refractivity contribution in [3.63, 3.8) is 0 Å². The normalized spacial score (nSPS) is 19.3. The largest absolute Gasteiger partial charge is 0.396 e. The number of amides is 1. The number of nitrogens with zero attached hydrogens (tertiary/aromatic N) is 2. The number of methoxy groups -OCH3 is 1. The third-order valence-corrected chi connectivity index (χ3v) is 4.31. The summed E-state index contributed by atoms with van der Waals surface area (Å²) in [5.41, 5.74) is 8.39. The van der Waals surface area contributed by atoms with Crippen molar-refractivity contribution in [2.75, 3.05) is 36.7 Å². The van der Waals surface area contributed by atoms with Gasteiger partial charge in [0.1, 0.15) is 17.2 Å². The summed E-state index contributed by atoms with van der Waals surface area (Å²) in [4.78, 5) is 20.0. The predicted molar refractivity (Wildman–Crippen MR) is 99.3 cm³/mol. The summed E-state index contributed by atoms with van der Waals surface area (Å²) in [6.45, 7) is 4.54. The first kappa shape index (κ1) is 18.1. The lowest BCUT2D eigenvalue weighted by Crippen LogP contribution is -2.30. The molecule has 26 heavy (non-hydrogen) atoms. The lowest BCUT2D eigenvalue weighted by atomic mass is 9.97. The average molecular weight is 357 g/mol. The van der Waals surface area contributed by atoms with Gasteiger partial charge in [-0.25, -0.2) is 9.97 Å². The number of hydrogen-bond acceptors (Lipinski definition) is 7. The van der Waals surface area contributed by atoms with Crippen molar-refractivity contribution < 1.29 is 14.3 Å². The minimum atomic E-state index is -0.534. The molecule has 8 nitrogen and oxygen atoms in total. The first-order chi connectivity index (χ1) is 12.4. The maximum Gasteiger partial charge on any atom is 0.222 e. The smallest absolute Gasteiger partial charge is 0.222 e. The third kappa shape index (κ3) is 3.76. The van der Waals surface area contributed by atoms with Gasteiger partial charge in [0, 0.05) is 33.1 Å². The van der Waals surface area contributed by atoms with Gasteiger partial charge in [-0.05, 0) is 24.6 Å². The molecule has 0 unspecified atom stereocenters. The Morgan fingerprint density at radius 3 is 2.81 bits per heavy atom. The van der Waals surface area contributed by atoms with E-state index in [1.165, 1.54) is 13.1 Å². The lowest BCUT2D eigenvalue weighted by Gasteiger charge is -2.26. The molecule has 0 saturated carbocycles. The van der Waals surface area contributed by atoms with Crippen LogP contribution in [0.25, 0.3) is 0 Å². The zero-order valence-corrected chi connectivity index (χ0v) is 15.1. The number of nitrogens with two attached hydrogens (primary N) is 1. The maximum atomic E-state index is 11.2. The Balaban J connectivity index is 1.92. The van der Waals surface area contributed by atoms with Crippen LogP contribution in [0.5, 0.6) is 0 Å². The van der Waals surface area contributed by atoms with Gasteiger partial charge in [-0.1, -0.05) is 0 Å². The minimum Gasteiger partial charge on any atom is -0.396 e. The summed E-state index contributed by atoms with van der Waals surface area (Å²) in [7, 11) is 1.67. The predicted octanol–water partition coefficient (Wildman–Crippen LogP) is 2.33. The van der Waals surface area contributed by atoms with Gasteiger partial charge in [0.05, 0.1) is 29.9 Å². The van der Waals surface area contributed by atoms with Crippen molar-refractivity contribution in [3.05, 3.63) is 35.7 Å². The molecule has 1 aliphatic rings. The number of nitrogen functional groups attached to an aromatic ring is 1. The van der Waals surface area contributed by atoms with Crippen LogP contribution in [0.2, 0.25) is 0 Å². The molecule has 4 N–H and O–H groups in total. The molecule has 3 rings (SSSR count). The number of carbonyl (C=O) groups is 1. The molecule has 0 aliphatic carbocycles. The monoisotopic (exact) mass is 357 g/mol. The number of nitrogens with one attached hydrogen (secondary N) is 2. The Morgan fingerprint density at radius 2 is 2.15 bits per heavy atom. The molecular formula is C18H23N5O3. The van der Waals surface area contributed by atoms with E-state index in [0.717, 1.165) is 17.7 Å². The van der Waals surface area contributed by atoms with Gasteiger partial charge in [-0.2, -0.15) is 0 Å². The highest BCUT2D eigenvalue weighted by molar-refractivity contribution is 5.89. The second-order valence-corrected chi connectivity index (χ2v) is 6.38. The Bertz CT molecular complexity index is 818. The van der Waals surface area contributed by atoms with E-state index < -0.39 is 5.60 Å². The van der Waals surface area contributed by atoms with E-state index in [0.29, 0.717) is 36.2 Å². The van der Waals surface area contributed by atoms with Crippen LogP contribution < -0.4 is 16.4 Å². The molecule has 8 heteroatoms. The fourth-order valence-electron chi connectivity index (χ4n) is 2.94. The van der Waals surface area contributed by atoms with E-state index >= 15 is 0 Å². The molecule has 3 heterocycles. The van der Waals surface area contributed by atoms with Crippen molar-refractivity contribution in [3.8, 4) is 0 Å². The van der Waals surface area contributed by atoms with Crippen molar-refractivity contribution >= 4 is 28.9 Å². The van der Waals surface area contributed by atoms with Gasteiger partial charge in [-0.3, -0.25) is 4.79 Å². The molecule has 1 atom stereocenters. The average Bonchev–Trinajstić information content (AvgIpc) is 3.07. The Morgan fingerprint density at radius 1 is 1.35 bits per heavy atom. The SMILES string of the molecule is CO[C@]1(c2cc(C)cc(Nc3cc(NC(C)=O)ncc3N)n2)CCOC1. The van der Waals surface area contributed by atoms with Gasteiger partial charge < -0.3 is 25.8 Å². The second kappa shape index (κ2) is 7.27. The summed E-state index contributed by atoms with van der Waals surface area (Å²) in [6, 6.07) is 5.59. The van der Waals surface area contributed by atoms with E-state index in [4.69, 9.17) is 20.2 Å². The Labute approximate surface area is 152 Å². The first-order valence-corrected chi connectivity index (χ1v) is 8.34. The molecule has 1 fully saturated rings. The number of ether oxygens (including phenoxy) is 2. The van der Waals surface area contributed by atoms with Gasteiger partial charge in [0.15, 0.2) is 0 Å². The van der Waals surface area contributed by atoms with Crippen LogP contribution in [0.1, 0.15) is 24.6 Å². The number of anilines is 4. The van der Waals surface area contributed by atoms with Gasteiger partial charge in [-0.15, -0.1) is 0 Å². The highest BCUT2D eigenvalue weighted by Gasteiger charge is 2.38. The molecule has 0 aromatic carbocycles. The molecule has 1 amide bonds. The van der Waals surface area contributed by atoms with Crippen molar-refractivity contribution in [2.45, 2.75) is 25.9 Å². The maximum absolute atomic E-state index is 11.2. The molecule has 138 valence electrons. The fourth-order valence-corrected chi connectivity index (χ4v) is 2.94. The molecule has 2 aromatic rings. The molecule has 0 spiro atoms. The molecule has 0 radical (unpaired) electrons. The van der Waals surface area contributed by atoms with Crippen LogP contribution in [0.15, 0.2) is 24.4 Å².